The summed E-state index contributed by atoms with van der Waals surface area (Å²) >= 11 is 0. The summed E-state index contributed by atoms with van der Waals surface area (Å²) in [7, 11) is -3.02. The molecule has 0 aliphatic heterocycles. The minimum atomic E-state index is -3.02. The molecule has 0 radical (unpaired) electrons. The first-order chi connectivity index (χ1) is 12.9. The van der Waals surface area contributed by atoms with E-state index in [0.29, 0.717) is 6.16 Å². The third-order valence-electron chi connectivity index (χ3n) is 6.49. The molecule has 1 rings (SSSR count). The van der Waals surface area contributed by atoms with Gasteiger partial charge in [0.2, 0.25) is 0 Å². The van der Waals surface area contributed by atoms with Crippen LogP contribution in [-0.4, -0.2) is 34.4 Å². The van der Waals surface area contributed by atoms with Gasteiger partial charge in [-0.05, 0) is 0 Å². The Morgan fingerprint density at radius 1 is 0.667 bits per heavy atom. The molecule has 0 fully saturated rings. The molecule has 2 N–H and O–H groups in total. The summed E-state index contributed by atoms with van der Waals surface area (Å²) in [6, 6.07) is 10.2. The van der Waals surface area contributed by atoms with Crippen LogP contribution < -0.4 is 0 Å². The summed E-state index contributed by atoms with van der Waals surface area (Å²) in [6.07, 6.45) is 11.4. The average molecular weight is 416 g/mol. The van der Waals surface area contributed by atoms with Crippen molar-refractivity contribution in [1.82, 2.24) is 0 Å². The minimum absolute atomic E-state index is 0.493. The molecule has 0 aliphatic carbocycles. The van der Waals surface area contributed by atoms with Crippen molar-refractivity contribution in [3.05, 3.63) is 35.9 Å². The Morgan fingerprint density at radius 3 is 1.37 bits per heavy atom. The summed E-state index contributed by atoms with van der Waals surface area (Å²) in [5.74, 6) is 0. The van der Waals surface area contributed by atoms with Crippen molar-refractivity contribution in [1.29, 1.82) is 0 Å². The van der Waals surface area contributed by atoms with E-state index in [1.165, 1.54) is 0 Å². The topological polar surface area (TPSA) is 40.5 Å². The van der Waals surface area contributed by atoms with Crippen LogP contribution in [0.3, 0.4) is 0 Å². The standard InChI is InChI=1S/C23H45O2P2/c1-5-9-18-27(19-10-6-2,20-11-7-3,21-12-8-4)26(24,25)22-23-16-14-13-15-17-23/h13-17,24-25H,5-12,18-22H2,1-4H3/q+1. The second-order valence-electron chi connectivity index (χ2n) is 8.55. The van der Waals surface area contributed by atoms with Gasteiger partial charge < -0.3 is 0 Å². The van der Waals surface area contributed by atoms with Gasteiger partial charge in [-0.3, -0.25) is 0 Å². The average Bonchev–Trinajstić information content (AvgIpc) is 2.67. The van der Waals surface area contributed by atoms with Gasteiger partial charge in [-0.2, -0.15) is 0 Å². The Morgan fingerprint density at radius 2 is 1.04 bits per heavy atom. The summed E-state index contributed by atoms with van der Waals surface area (Å²) in [4.78, 5) is 23.9. The normalized spacial score (nSPS) is 14.1. The Bertz CT molecular complexity index is 473. The van der Waals surface area contributed by atoms with Crippen molar-refractivity contribution in [2.24, 2.45) is 0 Å². The molecule has 4 heteroatoms. The first kappa shape index (κ1) is 25.0. The molecule has 0 heterocycles. The van der Waals surface area contributed by atoms with Crippen molar-refractivity contribution in [3.8, 4) is 0 Å². The van der Waals surface area contributed by atoms with Gasteiger partial charge in [-0.25, -0.2) is 0 Å². The van der Waals surface area contributed by atoms with E-state index in [1.54, 1.807) is 0 Å². The summed E-state index contributed by atoms with van der Waals surface area (Å²) in [6.45, 7) is 8.99. The van der Waals surface area contributed by atoms with Crippen LogP contribution in [0.15, 0.2) is 30.3 Å². The first-order valence-electron chi connectivity index (χ1n) is 11.3. The maximum atomic E-state index is 12.0. The molecule has 158 valence electrons. The van der Waals surface area contributed by atoms with Crippen LogP contribution in [-0.2, 0) is 6.16 Å². The first-order valence-corrected chi connectivity index (χ1v) is 16.8. The van der Waals surface area contributed by atoms with E-state index in [-0.39, 0.29) is 0 Å². The molecule has 0 aliphatic rings. The number of benzene rings is 1. The van der Waals surface area contributed by atoms with Gasteiger partial charge in [0, 0.05) is 0 Å². The zero-order valence-electron chi connectivity index (χ0n) is 18.4. The zero-order valence-corrected chi connectivity index (χ0v) is 20.2. The fraction of sp³-hybridized carbons (Fsp3) is 0.739. The molecule has 0 saturated carbocycles. The second kappa shape index (κ2) is 11.9. The van der Waals surface area contributed by atoms with E-state index < -0.39 is 13.7 Å². The van der Waals surface area contributed by atoms with Gasteiger partial charge in [-0.1, -0.05) is 0 Å². The molecule has 2 nitrogen and oxygen atoms in total. The van der Waals surface area contributed by atoms with Crippen molar-refractivity contribution >= 4 is 13.7 Å². The molecule has 0 unspecified atom stereocenters. The van der Waals surface area contributed by atoms with Crippen molar-refractivity contribution in [2.75, 3.05) is 24.6 Å². The predicted octanol–water partition coefficient (Wildman–Crippen LogP) is 7.69. The summed E-state index contributed by atoms with van der Waals surface area (Å²) < 4.78 is 0. The quantitative estimate of drug-likeness (QED) is 0.288. The predicted molar refractivity (Wildman–Crippen MR) is 128 cm³/mol. The van der Waals surface area contributed by atoms with Crippen LogP contribution >= 0.6 is 13.7 Å². The Balaban J connectivity index is 3.45. The van der Waals surface area contributed by atoms with Gasteiger partial charge >= 0.3 is 169 Å². The molecule has 0 aromatic heterocycles. The number of rotatable bonds is 15. The second-order valence-corrected chi connectivity index (χ2v) is 21.2. The van der Waals surface area contributed by atoms with Crippen LogP contribution in [0.4, 0.5) is 0 Å². The molecule has 0 amide bonds. The fourth-order valence-electron chi connectivity index (χ4n) is 4.60. The van der Waals surface area contributed by atoms with Gasteiger partial charge in [-0.15, -0.1) is 0 Å². The van der Waals surface area contributed by atoms with Crippen molar-refractivity contribution < 1.29 is 9.79 Å². The molecule has 0 bridgehead atoms. The summed E-state index contributed by atoms with van der Waals surface area (Å²) in [5.41, 5.74) is 1.10. The fourth-order valence-corrected chi connectivity index (χ4v) is 20.1. The third kappa shape index (κ3) is 6.24. The zero-order chi connectivity index (χ0) is 20.3. The molecule has 0 saturated heterocycles. The molecule has 0 atom stereocenters. The molecule has 27 heavy (non-hydrogen) atoms. The molecule has 1 aromatic carbocycles. The molecular weight excluding hydrogens is 370 g/mol. The molecule has 0 spiro atoms. The number of unbranched alkanes of at least 4 members (excludes halogenated alkanes) is 4. The van der Waals surface area contributed by atoms with Crippen molar-refractivity contribution in [2.45, 2.75) is 85.2 Å². The Kier molecular flexibility index (Phi) is 11.0. The van der Waals surface area contributed by atoms with E-state index >= 15 is 0 Å². The third-order valence-corrected chi connectivity index (χ3v) is 23.2. The van der Waals surface area contributed by atoms with E-state index in [4.69, 9.17) is 0 Å². The summed E-state index contributed by atoms with van der Waals surface area (Å²) in [5, 5.41) is 0. The van der Waals surface area contributed by atoms with E-state index in [9.17, 15) is 9.79 Å². The Labute approximate surface area is 169 Å². The van der Waals surface area contributed by atoms with Crippen molar-refractivity contribution in [3.63, 3.8) is 0 Å². The van der Waals surface area contributed by atoms with Gasteiger partial charge in [0.25, 0.3) is 0 Å². The number of hydrogen-bond donors (Lipinski definition) is 2. The Hall–Kier alpha value is -0.000000000000000111. The van der Waals surface area contributed by atoms with E-state index in [1.807, 2.05) is 18.2 Å². The van der Waals surface area contributed by atoms with Crippen LogP contribution in [0.5, 0.6) is 0 Å². The monoisotopic (exact) mass is 415 g/mol. The van der Waals surface area contributed by atoms with Crippen LogP contribution in [0, 0.1) is 0 Å². The van der Waals surface area contributed by atoms with Crippen LogP contribution in [0.25, 0.3) is 0 Å². The van der Waals surface area contributed by atoms with Gasteiger partial charge in [0.05, 0.1) is 0 Å². The van der Waals surface area contributed by atoms with Crippen LogP contribution in [0.1, 0.15) is 84.6 Å². The van der Waals surface area contributed by atoms with Crippen LogP contribution in [0.2, 0.25) is 0 Å². The van der Waals surface area contributed by atoms with E-state index in [2.05, 4.69) is 39.8 Å². The molecular formula is C23H45O2P2+. The maximum absolute atomic E-state index is 12.0. The number of hydrogen-bond acceptors (Lipinski definition) is 2. The molecule has 1 aromatic rings. The SMILES string of the molecule is CCCCP(CCCC)(CCCC)(CCCC)[P+](O)(O)Cc1ccccc1. The van der Waals surface area contributed by atoms with E-state index in [0.717, 1.165) is 81.6 Å². The van der Waals surface area contributed by atoms with Gasteiger partial charge in [0.1, 0.15) is 0 Å². The van der Waals surface area contributed by atoms with Gasteiger partial charge in [0.15, 0.2) is 0 Å².